The maximum atomic E-state index is 13.1. The molecule has 154 valence electrons. The van der Waals surface area contributed by atoms with Gasteiger partial charge >= 0.3 is 6.18 Å². The molecule has 1 spiro atoms. The van der Waals surface area contributed by atoms with Gasteiger partial charge in [0.2, 0.25) is 5.91 Å². The normalized spacial score (nSPS) is 20.5. The molecule has 4 rings (SSSR count). The molecule has 2 aliphatic rings. The zero-order valence-corrected chi connectivity index (χ0v) is 15.6. The number of likely N-dealkylation sites (tertiary alicyclic amines) is 1. The van der Waals surface area contributed by atoms with Gasteiger partial charge in [-0.05, 0) is 36.3 Å². The van der Waals surface area contributed by atoms with Crippen LogP contribution in [0.3, 0.4) is 0 Å². The van der Waals surface area contributed by atoms with Crippen LogP contribution in [0.25, 0.3) is 0 Å². The molecular weight excluding hydrogens is 385 g/mol. The van der Waals surface area contributed by atoms with Crippen molar-refractivity contribution >= 4 is 11.8 Å². The van der Waals surface area contributed by atoms with Crippen molar-refractivity contribution in [2.24, 2.45) is 11.3 Å². The number of H-pyrrole nitrogens is 1. The summed E-state index contributed by atoms with van der Waals surface area (Å²) >= 11 is 0. The van der Waals surface area contributed by atoms with Gasteiger partial charge in [0.25, 0.3) is 5.91 Å². The van der Waals surface area contributed by atoms with E-state index in [4.69, 9.17) is 0 Å². The second-order valence-corrected chi connectivity index (χ2v) is 7.77. The van der Waals surface area contributed by atoms with E-state index in [-0.39, 0.29) is 35.3 Å². The van der Waals surface area contributed by atoms with Crippen LogP contribution in [-0.2, 0) is 17.5 Å². The van der Waals surface area contributed by atoms with Gasteiger partial charge in [0, 0.05) is 31.7 Å². The summed E-state index contributed by atoms with van der Waals surface area (Å²) in [5.74, 6) is -0.498. The first kappa shape index (κ1) is 19.5. The number of alkyl halides is 3. The second kappa shape index (κ2) is 7.20. The minimum Gasteiger partial charge on any atom is -0.352 e. The summed E-state index contributed by atoms with van der Waals surface area (Å²) in [5, 5.41) is 9.07. The van der Waals surface area contributed by atoms with Gasteiger partial charge in [0.15, 0.2) is 0 Å². The lowest BCUT2D eigenvalue weighted by Gasteiger charge is -2.32. The summed E-state index contributed by atoms with van der Waals surface area (Å²) in [5.41, 5.74) is -0.296. The van der Waals surface area contributed by atoms with E-state index in [0.29, 0.717) is 37.9 Å². The third-order valence-electron chi connectivity index (χ3n) is 6.07. The topological polar surface area (TPSA) is 78.1 Å². The van der Waals surface area contributed by atoms with E-state index in [1.807, 2.05) is 0 Å². The van der Waals surface area contributed by atoms with E-state index in [0.717, 1.165) is 6.07 Å². The summed E-state index contributed by atoms with van der Waals surface area (Å²) in [6.07, 6.45) is 0.739. The number of hydrogen-bond acceptors (Lipinski definition) is 3. The molecule has 6 nitrogen and oxygen atoms in total. The number of nitrogens with one attached hydrogen (secondary N) is 2. The molecule has 1 atom stereocenters. The Bertz CT molecular complexity index is 903. The Balaban J connectivity index is 1.31. The smallest absolute Gasteiger partial charge is 0.352 e. The van der Waals surface area contributed by atoms with Crippen LogP contribution in [0, 0.1) is 11.3 Å². The number of amides is 2. The fourth-order valence-electron chi connectivity index (χ4n) is 4.23. The van der Waals surface area contributed by atoms with E-state index < -0.39 is 11.7 Å². The average molecular weight is 406 g/mol. The lowest BCUT2D eigenvalue weighted by atomic mass is 9.90. The predicted molar refractivity (Wildman–Crippen MR) is 97.6 cm³/mol. The molecule has 2 N–H and O–H groups in total. The Morgan fingerprint density at radius 3 is 2.62 bits per heavy atom. The Kier molecular flexibility index (Phi) is 4.84. The van der Waals surface area contributed by atoms with Gasteiger partial charge in [0.1, 0.15) is 0 Å². The van der Waals surface area contributed by atoms with Crippen molar-refractivity contribution < 1.29 is 22.8 Å². The molecule has 2 heterocycles. The average Bonchev–Trinajstić information content (AvgIpc) is 3.14. The van der Waals surface area contributed by atoms with Crippen LogP contribution in [0.1, 0.15) is 40.7 Å². The van der Waals surface area contributed by atoms with Crippen molar-refractivity contribution in [2.45, 2.75) is 32.0 Å². The van der Waals surface area contributed by atoms with Gasteiger partial charge in [-0.2, -0.15) is 18.3 Å². The van der Waals surface area contributed by atoms with Gasteiger partial charge in [-0.15, -0.1) is 0 Å². The minimum absolute atomic E-state index is 0.0589. The molecule has 1 aromatic carbocycles. The van der Waals surface area contributed by atoms with Crippen molar-refractivity contribution in [1.82, 2.24) is 20.4 Å². The summed E-state index contributed by atoms with van der Waals surface area (Å²) < 4.78 is 39.2. The van der Waals surface area contributed by atoms with E-state index in [9.17, 15) is 22.8 Å². The van der Waals surface area contributed by atoms with Gasteiger partial charge < -0.3 is 10.2 Å². The maximum absolute atomic E-state index is 13.1. The fraction of sp³-hybridized carbons (Fsp3) is 0.450. The molecule has 1 aliphatic carbocycles. The molecule has 1 unspecified atom stereocenters. The first-order chi connectivity index (χ1) is 13.8. The Morgan fingerprint density at radius 1 is 1.24 bits per heavy atom. The molecule has 2 amide bonds. The molecule has 1 saturated carbocycles. The highest BCUT2D eigenvalue weighted by Gasteiger charge is 2.58. The third-order valence-corrected chi connectivity index (χ3v) is 6.07. The van der Waals surface area contributed by atoms with Gasteiger partial charge in [-0.1, -0.05) is 18.2 Å². The van der Waals surface area contributed by atoms with Crippen LogP contribution in [0.5, 0.6) is 0 Å². The van der Waals surface area contributed by atoms with E-state index in [2.05, 4.69) is 15.5 Å². The SMILES string of the molecule is O=C(NCc1ccccc1C(F)(F)F)C1CC12CCN(C(=O)c1cn[nH]c1)CC2. The number of piperidine rings is 1. The van der Waals surface area contributed by atoms with Crippen LogP contribution in [0.4, 0.5) is 13.2 Å². The molecule has 0 bridgehead atoms. The number of carbonyl (C=O) groups is 2. The Labute approximate surface area is 165 Å². The van der Waals surface area contributed by atoms with Crippen LogP contribution in [-0.4, -0.2) is 40.0 Å². The summed E-state index contributed by atoms with van der Waals surface area (Å²) in [6.45, 7) is 0.974. The van der Waals surface area contributed by atoms with Gasteiger partial charge in [0.05, 0.1) is 17.3 Å². The highest BCUT2D eigenvalue weighted by molar-refractivity contribution is 5.93. The lowest BCUT2D eigenvalue weighted by Crippen LogP contribution is -2.40. The lowest BCUT2D eigenvalue weighted by molar-refractivity contribution is -0.138. The number of carbonyl (C=O) groups excluding carboxylic acids is 2. The summed E-state index contributed by atoms with van der Waals surface area (Å²) in [6, 6.07) is 5.27. The first-order valence-corrected chi connectivity index (χ1v) is 9.51. The summed E-state index contributed by atoms with van der Waals surface area (Å²) in [4.78, 5) is 26.7. The van der Waals surface area contributed by atoms with E-state index >= 15 is 0 Å². The minimum atomic E-state index is -4.45. The van der Waals surface area contributed by atoms with Crippen LogP contribution in [0.15, 0.2) is 36.7 Å². The first-order valence-electron chi connectivity index (χ1n) is 9.51. The van der Waals surface area contributed by atoms with Gasteiger partial charge in [-0.25, -0.2) is 0 Å². The van der Waals surface area contributed by atoms with Gasteiger partial charge in [-0.3, -0.25) is 14.7 Å². The number of nitrogens with zero attached hydrogens (tertiary/aromatic N) is 2. The standard InChI is InChI=1S/C20H21F3N4O2/c21-20(22,23)15-4-2-1-3-13(15)10-24-17(28)16-9-19(16)5-7-27(8-6-19)18(29)14-11-25-26-12-14/h1-4,11-12,16H,5-10H2,(H,24,28)(H,25,26). The Morgan fingerprint density at radius 2 is 1.97 bits per heavy atom. The zero-order valence-electron chi connectivity index (χ0n) is 15.6. The highest BCUT2D eigenvalue weighted by atomic mass is 19.4. The van der Waals surface area contributed by atoms with Crippen molar-refractivity contribution in [1.29, 1.82) is 0 Å². The van der Waals surface area contributed by atoms with E-state index in [1.165, 1.54) is 24.4 Å². The molecule has 0 radical (unpaired) electrons. The predicted octanol–water partition coefficient (Wildman–Crippen LogP) is 2.99. The van der Waals surface area contributed by atoms with Crippen LogP contribution in [0.2, 0.25) is 0 Å². The number of aromatic nitrogens is 2. The molecule has 29 heavy (non-hydrogen) atoms. The molecule has 9 heteroatoms. The maximum Gasteiger partial charge on any atom is 0.416 e. The van der Waals surface area contributed by atoms with Crippen LogP contribution >= 0.6 is 0 Å². The largest absolute Gasteiger partial charge is 0.416 e. The number of rotatable bonds is 4. The quantitative estimate of drug-likeness (QED) is 0.820. The fourth-order valence-corrected chi connectivity index (χ4v) is 4.23. The summed E-state index contributed by atoms with van der Waals surface area (Å²) in [7, 11) is 0. The van der Waals surface area contributed by atoms with Crippen molar-refractivity contribution in [3.63, 3.8) is 0 Å². The number of aromatic amines is 1. The van der Waals surface area contributed by atoms with Crippen LogP contribution < -0.4 is 5.32 Å². The third kappa shape index (κ3) is 3.86. The van der Waals surface area contributed by atoms with Crippen molar-refractivity contribution in [3.05, 3.63) is 53.3 Å². The van der Waals surface area contributed by atoms with E-state index in [1.54, 1.807) is 11.1 Å². The monoisotopic (exact) mass is 406 g/mol. The zero-order chi connectivity index (χ0) is 20.6. The Hall–Kier alpha value is -2.84. The molecule has 1 saturated heterocycles. The number of halogens is 3. The molecule has 1 aliphatic heterocycles. The molecule has 2 fully saturated rings. The van der Waals surface area contributed by atoms with Crippen molar-refractivity contribution in [2.75, 3.05) is 13.1 Å². The second-order valence-electron chi connectivity index (χ2n) is 7.77. The molecule has 2 aromatic rings. The number of hydrogen-bond donors (Lipinski definition) is 2. The molecular formula is C20H21F3N4O2. The van der Waals surface area contributed by atoms with Crippen molar-refractivity contribution in [3.8, 4) is 0 Å². The molecule has 1 aromatic heterocycles. The highest BCUT2D eigenvalue weighted by Crippen LogP contribution is 2.59. The number of benzene rings is 1.